The van der Waals surface area contributed by atoms with Crippen molar-refractivity contribution in [1.29, 1.82) is 0 Å². The first-order chi connectivity index (χ1) is 9.42. The molecule has 0 saturated carbocycles. The Kier molecular flexibility index (Phi) is 4.30. The third-order valence-corrected chi connectivity index (χ3v) is 4.63. The van der Waals surface area contributed by atoms with Gasteiger partial charge in [-0.2, -0.15) is 11.8 Å². The molecule has 0 amide bonds. The SMILES string of the molecule is c1ccc2nc(CNCC3CCSCC3)cnc2c1. The molecule has 1 saturated heterocycles. The Labute approximate surface area is 118 Å². The van der Waals surface area contributed by atoms with Crippen LogP contribution in [0.2, 0.25) is 0 Å². The number of rotatable bonds is 4. The van der Waals surface area contributed by atoms with Gasteiger partial charge in [0.05, 0.1) is 22.9 Å². The number of nitrogens with zero attached hydrogens (tertiary/aromatic N) is 2. The molecule has 1 aliphatic rings. The molecule has 3 rings (SSSR count). The molecule has 2 aromatic rings. The second-order valence-corrected chi connectivity index (χ2v) is 6.26. The van der Waals surface area contributed by atoms with Gasteiger partial charge >= 0.3 is 0 Å². The van der Waals surface area contributed by atoms with Crippen molar-refractivity contribution >= 4 is 22.8 Å². The molecule has 100 valence electrons. The predicted octanol–water partition coefficient (Wildman–Crippen LogP) is 2.86. The van der Waals surface area contributed by atoms with E-state index in [-0.39, 0.29) is 0 Å². The van der Waals surface area contributed by atoms with E-state index in [4.69, 9.17) is 0 Å². The average molecular weight is 273 g/mol. The Morgan fingerprint density at radius 1 is 1.16 bits per heavy atom. The van der Waals surface area contributed by atoms with Gasteiger partial charge in [0.2, 0.25) is 0 Å². The highest BCUT2D eigenvalue weighted by Crippen LogP contribution is 2.21. The van der Waals surface area contributed by atoms with Gasteiger partial charge in [-0.1, -0.05) is 12.1 Å². The second-order valence-electron chi connectivity index (χ2n) is 5.04. The standard InChI is InChI=1S/C15H19N3S/c1-2-4-15-14(3-1)17-11-13(18-15)10-16-9-12-5-7-19-8-6-12/h1-4,11-12,16H,5-10H2. The largest absolute Gasteiger partial charge is 0.311 e. The summed E-state index contributed by atoms with van der Waals surface area (Å²) in [7, 11) is 0. The molecule has 0 unspecified atom stereocenters. The van der Waals surface area contributed by atoms with Crippen LogP contribution in [0.1, 0.15) is 18.5 Å². The first-order valence-electron chi connectivity index (χ1n) is 6.91. The van der Waals surface area contributed by atoms with Crippen LogP contribution in [0.4, 0.5) is 0 Å². The summed E-state index contributed by atoms with van der Waals surface area (Å²) in [5.74, 6) is 3.49. The fourth-order valence-corrected chi connectivity index (χ4v) is 3.64. The van der Waals surface area contributed by atoms with Gasteiger partial charge in [-0.25, -0.2) is 4.98 Å². The summed E-state index contributed by atoms with van der Waals surface area (Å²) < 4.78 is 0. The summed E-state index contributed by atoms with van der Waals surface area (Å²) in [5.41, 5.74) is 2.98. The number of thioether (sulfide) groups is 1. The summed E-state index contributed by atoms with van der Waals surface area (Å²) >= 11 is 2.08. The molecule has 1 N–H and O–H groups in total. The van der Waals surface area contributed by atoms with Crippen LogP contribution in [0.25, 0.3) is 11.0 Å². The fraction of sp³-hybridized carbons (Fsp3) is 0.467. The van der Waals surface area contributed by atoms with Gasteiger partial charge in [-0.3, -0.25) is 4.98 Å². The molecule has 0 radical (unpaired) electrons. The van der Waals surface area contributed by atoms with Crippen LogP contribution in [-0.4, -0.2) is 28.0 Å². The van der Waals surface area contributed by atoms with Gasteiger partial charge < -0.3 is 5.32 Å². The zero-order chi connectivity index (χ0) is 12.9. The Bertz CT molecular complexity index is 538. The van der Waals surface area contributed by atoms with E-state index in [0.717, 1.165) is 35.7 Å². The van der Waals surface area contributed by atoms with E-state index in [1.807, 2.05) is 30.5 Å². The number of aromatic nitrogens is 2. The lowest BCUT2D eigenvalue weighted by Gasteiger charge is -2.21. The average Bonchev–Trinajstić information content (AvgIpc) is 2.48. The van der Waals surface area contributed by atoms with Crippen molar-refractivity contribution in [1.82, 2.24) is 15.3 Å². The lowest BCUT2D eigenvalue weighted by atomic mass is 10.0. The molecule has 0 aliphatic carbocycles. The molecule has 3 nitrogen and oxygen atoms in total. The van der Waals surface area contributed by atoms with Crippen molar-refractivity contribution in [2.45, 2.75) is 19.4 Å². The van der Waals surface area contributed by atoms with Gasteiger partial charge in [0.25, 0.3) is 0 Å². The van der Waals surface area contributed by atoms with Crippen molar-refractivity contribution in [2.24, 2.45) is 5.92 Å². The summed E-state index contributed by atoms with van der Waals surface area (Å²) in [5, 5.41) is 3.52. The lowest BCUT2D eigenvalue weighted by Crippen LogP contribution is -2.25. The molecule has 1 fully saturated rings. The van der Waals surface area contributed by atoms with E-state index < -0.39 is 0 Å². The number of benzene rings is 1. The van der Waals surface area contributed by atoms with Crippen LogP contribution >= 0.6 is 11.8 Å². The zero-order valence-corrected chi connectivity index (χ0v) is 11.8. The molecular formula is C15H19N3S. The molecule has 19 heavy (non-hydrogen) atoms. The van der Waals surface area contributed by atoms with Gasteiger partial charge in [0.1, 0.15) is 0 Å². The Balaban J connectivity index is 1.56. The highest BCUT2D eigenvalue weighted by molar-refractivity contribution is 7.99. The summed E-state index contributed by atoms with van der Waals surface area (Å²) in [6, 6.07) is 8.02. The van der Waals surface area contributed by atoms with Gasteiger partial charge in [-0.05, 0) is 48.9 Å². The van der Waals surface area contributed by atoms with Crippen molar-refractivity contribution in [3.8, 4) is 0 Å². The van der Waals surface area contributed by atoms with Crippen molar-refractivity contribution < 1.29 is 0 Å². The zero-order valence-electron chi connectivity index (χ0n) is 11.0. The molecule has 0 atom stereocenters. The Hall–Kier alpha value is -1.13. The van der Waals surface area contributed by atoms with E-state index in [1.54, 1.807) is 0 Å². The molecule has 0 bridgehead atoms. The van der Waals surface area contributed by atoms with E-state index in [1.165, 1.54) is 24.3 Å². The molecule has 2 heterocycles. The highest BCUT2D eigenvalue weighted by atomic mass is 32.2. The summed E-state index contributed by atoms with van der Waals surface area (Å²) in [6.45, 7) is 1.93. The summed E-state index contributed by atoms with van der Waals surface area (Å²) in [6.07, 6.45) is 4.58. The lowest BCUT2D eigenvalue weighted by molar-refractivity contribution is 0.446. The van der Waals surface area contributed by atoms with Crippen molar-refractivity contribution in [3.63, 3.8) is 0 Å². The van der Waals surface area contributed by atoms with E-state index in [0.29, 0.717) is 0 Å². The highest BCUT2D eigenvalue weighted by Gasteiger charge is 2.12. The quantitative estimate of drug-likeness (QED) is 0.929. The van der Waals surface area contributed by atoms with Gasteiger partial charge in [-0.15, -0.1) is 0 Å². The van der Waals surface area contributed by atoms with E-state index in [9.17, 15) is 0 Å². The van der Waals surface area contributed by atoms with Crippen molar-refractivity contribution in [3.05, 3.63) is 36.2 Å². The summed E-state index contributed by atoms with van der Waals surface area (Å²) in [4.78, 5) is 9.07. The molecule has 1 aliphatic heterocycles. The van der Waals surface area contributed by atoms with Crippen LogP contribution in [-0.2, 0) is 6.54 Å². The van der Waals surface area contributed by atoms with Crippen LogP contribution < -0.4 is 5.32 Å². The first-order valence-corrected chi connectivity index (χ1v) is 8.06. The normalized spacial score (nSPS) is 16.8. The van der Waals surface area contributed by atoms with Crippen LogP contribution in [0.3, 0.4) is 0 Å². The molecule has 0 spiro atoms. The predicted molar refractivity (Wildman–Crippen MR) is 81.3 cm³/mol. The molecule has 1 aromatic carbocycles. The second kappa shape index (κ2) is 6.35. The number of fused-ring (bicyclic) bond motifs is 1. The fourth-order valence-electron chi connectivity index (χ4n) is 2.44. The topological polar surface area (TPSA) is 37.8 Å². The molecular weight excluding hydrogens is 254 g/mol. The maximum atomic E-state index is 4.63. The number of nitrogens with one attached hydrogen (secondary N) is 1. The third kappa shape index (κ3) is 3.45. The maximum Gasteiger partial charge on any atom is 0.0890 e. The Morgan fingerprint density at radius 3 is 2.79 bits per heavy atom. The first kappa shape index (κ1) is 12.9. The van der Waals surface area contributed by atoms with Crippen LogP contribution in [0.5, 0.6) is 0 Å². The molecule has 1 aromatic heterocycles. The van der Waals surface area contributed by atoms with E-state index in [2.05, 4.69) is 27.0 Å². The monoisotopic (exact) mass is 273 g/mol. The molecule has 4 heteroatoms. The van der Waals surface area contributed by atoms with E-state index >= 15 is 0 Å². The maximum absolute atomic E-state index is 4.63. The minimum Gasteiger partial charge on any atom is -0.311 e. The minimum absolute atomic E-state index is 0.821. The minimum atomic E-state index is 0.821. The van der Waals surface area contributed by atoms with Crippen LogP contribution in [0.15, 0.2) is 30.5 Å². The Morgan fingerprint density at radius 2 is 1.95 bits per heavy atom. The number of hydrogen-bond acceptors (Lipinski definition) is 4. The van der Waals surface area contributed by atoms with Crippen molar-refractivity contribution in [2.75, 3.05) is 18.1 Å². The smallest absolute Gasteiger partial charge is 0.0890 e. The van der Waals surface area contributed by atoms with Crippen LogP contribution in [0, 0.1) is 5.92 Å². The number of hydrogen-bond donors (Lipinski definition) is 1. The third-order valence-electron chi connectivity index (χ3n) is 3.58. The van der Waals surface area contributed by atoms with Gasteiger partial charge in [0.15, 0.2) is 0 Å². The van der Waals surface area contributed by atoms with Gasteiger partial charge in [0, 0.05) is 6.54 Å². The number of para-hydroxylation sites is 2.